The Balaban J connectivity index is 1.50. The van der Waals surface area contributed by atoms with Crippen LogP contribution in [0.25, 0.3) is 0 Å². The first-order valence-electron chi connectivity index (χ1n) is 15.5. The first kappa shape index (κ1) is 36.3. The highest BCUT2D eigenvalue weighted by Gasteiger charge is 2.40. The van der Waals surface area contributed by atoms with E-state index in [1.54, 1.807) is 17.0 Å². The third-order valence-electron chi connectivity index (χ3n) is 8.79. The monoisotopic (exact) mass is 674 g/mol. The molecule has 0 spiro atoms. The number of urea groups is 1. The minimum atomic E-state index is -5.06. The molecule has 2 fully saturated rings. The molecular weight excluding hydrogens is 633 g/mol. The average Bonchev–Trinajstić information content (AvgIpc) is 2.98. The Bertz CT molecular complexity index is 1370. The largest absolute Gasteiger partial charge is 0.444 e. The maximum Gasteiger partial charge on any atom is 0.416 e. The smallest absolute Gasteiger partial charge is 0.416 e. The summed E-state index contributed by atoms with van der Waals surface area (Å²) >= 11 is 0. The Morgan fingerprint density at radius 2 is 1.40 bits per heavy atom. The van der Waals surface area contributed by atoms with Crippen molar-refractivity contribution < 1.29 is 45.1 Å². The second-order valence-corrected chi connectivity index (χ2v) is 13.4. The Kier molecular flexibility index (Phi) is 10.7. The van der Waals surface area contributed by atoms with Gasteiger partial charge in [0.2, 0.25) is 0 Å². The number of halogens is 7. The van der Waals surface area contributed by atoms with E-state index >= 15 is 0 Å². The quantitative estimate of drug-likeness (QED) is 0.303. The topological polar surface area (TPSA) is 56.3 Å². The number of likely N-dealkylation sites (N-methyl/N-ethyl adjacent to an activating group) is 1. The number of carbonyl (C=O) groups excluding carboxylic acids is 2. The van der Waals surface area contributed by atoms with Crippen LogP contribution in [0.15, 0.2) is 42.5 Å². The SMILES string of the molecule is CN(C(=O)N(C)[C@@H]1CCN(CC2CCN(C(=O)OC(C)(C)C)CC2)C[C@H]1c1ccc(F)cc1)c1cc(C(F)(F)F)cc(C(F)(F)F)c1. The molecule has 7 nitrogen and oxygen atoms in total. The highest BCUT2D eigenvalue weighted by atomic mass is 19.4. The van der Waals surface area contributed by atoms with Gasteiger partial charge in [0.25, 0.3) is 0 Å². The van der Waals surface area contributed by atoms with E-state index in [-0.39, 0.29) is 18.1 Å². The minimum absolute atomic E-state index is 0.0210. The normalized spacial score (nSPS) is 20.2. The number of hydrogen-bond acceptors (Lipinski definition) is 4. The van der Waals surface area contributed by atoms with Crippen molar-refractivity contribution in [2.24, 2.45) is 5.92 Å². The van der Waals surface area contributed by atoms with Crippen LogP contribution in [0.1, 0.15) is 62.6 Å². The van der Waals surface area contributed by atoms with E-state index in [1.807, 2.05) is 20.8 Å². The van der Waals surface area contributed by atoms with Crippen LogP contribution in [0.2, 0.25) is 0 Å². The Labute approximate surface area is 270 Å². The molecule has 0 aromatic heterocycles. The van der Waals surface area contributed by atoms with E-state index < -0.39 is 52.7 Å². The molecule has 2 saturated heterocycles. The number of alkyl halides is 6. The second kappa shape index (κ2) is 13.9. The molecule has 0 saturated carbocycles. The number of hydrogen-bond donors (Lipinski definition) is 0. The number of anilines is 1. The minimum Gasteiger partial charge on any atom is -0.444 e. The Morgan fingerprint density at radius 3 is 1.91 bits per heavy atom. The van der Waals surface area contributed by atoms with Crippen molar-refractivity contribution in [2.75, 3.05) is 51.7 Å². The highest BCUT2D eigenvalue weighted by molar-refractivity contribution is 5.92. The fraction of sp³-hybridized carbons (Fsp3) is 0.576. The van der Waals surface area contributed by atoms with Crippen LogP contribution in [-0.2, 0) is 17.1 Å². The zero-order chi connectivity index (χ0) is 34.9. The summed E-state index contributed by atoms with van der Waals surface area (Å²) in [7, 11) is 2.61. The van der Waals surface area contributed by atoms with Crippen LogP contribution in [0.3, 0.4) is 0 Å². The van der Waals surface area contributed by atoms with Crippen molar-refractivity contribution in [3.05, 3.63) is 65.0 Å². The molecule has 14 heteroatoms. The van der Waals surface area contributed by atoms with Crippen molar-refractivity contribution in [2.45, 2.75) is 69.9 Å². The van der Waals surface area contributed by atoms with E-state index in [4.69, 9.17) is 4.74 Å². The summed E-state index contributed by atoms with van der Waals surface area (Å²) in [6, 6.07) is 5.68. The van der Waals surface area contributed by atoms with E-state index in [9.17, 15) is 40.3 Å². The van der Waals surface area contributed by atoms with Gasteiger partial charge in [-0.25, -0.2) is 14.0 Å². The molecule has 2 heterocycles. The van der Waals surface area contributed by atoms with Crippen LogP contribution in [0.5, 0.6) is 0 Å². The summed E-state index contributed by atoms with van der Waals surface area (Å²) in [6.07, 6.45) is -8.44. The fourth-order valence-corrected chi connectivity index (χ4v) is 6.28. The maximum atomic E-state index is 13.9. The van der Waals surface area contributed by atoms with Crippen LogP contribution >= 0.6 is 0 Å². The van der Waals surface area contributed by atoms with Crippen LogP contribution in [0, 0.1) is 11.7 Å². The predicted molar refractivity (Wildman–Crippen MR) is 163 cm³/mol. The van der Waals surface area contributed by atoms with E-state index in [0.717, 1.165) is 36.9 Å². The van der Waals surface area contributed by atoms with Crippen LogP contribution < -0.4 is 4.90 Å². The van der Waals surface area contributed by atoms with E-state index in [2.05, 4.69) is 4.90 Å². The van der Waals surface area contributed by atoms with Gasteiger partial charge in [-0.05, 0) is 81.8 Å². The lowest BCUT2D eigenvalue weighted by Crippen LogP contribution is -2.54. The van der Waals surface area contributed by atoms with Gasteiger partial charge in [0.05, 0.1) is 11.1 Å². The van der Waals surface area contributed by atoms with Gasteiger partial charge in [-0.15, -0.1) is 0 Å². The average molecular weight is 675 g/mol. The van der Waals surface area contributed by atoms with Gasteiger partial charge in [0.15, 0.2) is 0 Å². The summed E-state index contributed by atoms with van der Waals surface area (Å²) in [5.74, 6) is -0.460. The number of ether oxygens (including phenoxy) is 1. The number of rotatable bonds is 5. The zero-order valence-corrected chi connectivity index (χ0v) is 27.1. The molecule has 2 aromatic rings. The van der Waals surface area contributed by atoms with Crippen LogP contribution in [-0.4, -0.2) is 85.3 Å². The van der Waals surface area contributed by atoms with E-state index in [0.29, 0.717) is 50.7 Å². The van der Waals surface area contributed by atoms with Gasteiger partial charge in [-0.2, -0.15) is 26.3 Å². The fourth-order valence-electron chi connectivity index (χ4n) is 6.28. The molecular formula is C33H41F7N4O3. The van der Waals surface area contributed by atoms with Crippen molar-refractivity contribution in [3.8, 4) is 0 Å². The molecule has 2 atom stereocenters. The summed E-state index contributed by atoms with van der Waals surface area (Å²) in [6.45, 7) is 8.38. The number of likely N-dealkylation sites (tertiary alicyclic amines) is 2. The zero-order valence-electron chi connectivity index (χ0n) is 27.1. The van der Waals surface area contributed by atoms with Crippen molar-refractivity contribution in [1.82, 2.24) is 14.7 Å². The first-order valence-corrected chi connectivity index (χ1v) is 15.5. The summed E-state index contributed by atoms with van der Waals surface area (Å²) in [5.41, 5.74) is -3.41. The van der Waals surface area contributed by atoms with Gasteiger partial charge >= 0.3 is 24.5 Å². The molecule has 47 heavy (non-hydrogen) atoms. The van der Waals surface area contributed by atoms with Crippen molar-refractivity contribution in [1.29, 1.82) is 0 Å². The van der Waals surface area contributed by atoms with Gasteiger partial charge in [-0.1, -0.05) is 12.1 Å². The highest BCUT2D eigenvalue weighted by Crippen LogP contribution is 2.39. The molecule has 2 aliphatic rings. The number of benzene rings is 2. The molecule has 2 aliphatic heterocycles. The van der Waals surface area contributed by atoms with Crippen molar-refractivity contribution in [3.63, 3.8) is 0 Å². The predicted octanol–water partition coefficient (Wildman–Crippen LogP) is 7.86. The number of amides is 3. The molecule has 260 valence electrons. The molecule has 2 aromatic carbocycles. The Morgan fingerprint density at radius 1 is 0.851 bits per heavy atom. The summed E-state index contributed by atoms with van der Waals surface area (Å²) in [5, 5.41) is 0. The first-order chi connectivity index (χ1) is 21.7. The number of carbonyl (C=O) groups is 2. The lowest BCUT2D eigenvalue weighted by Gasteiger charge is -2.45. The lowest BCUT2D eigenvalue weighted by molar-refractivity contribution is -0.143. The van der Waals surface area contributed by atoms with E-state index in [1.165, 1.54) is 24.1 Å². The molecule has 0 N–H and O–H groups in total. The number of piperidine rings is 2. The summed E-state index contributed by atoms with van der Waals surface area (Å²) < 4.78 is 100. The molecule has 0 unspecified atom stereocenters. The van der Waals surface area contributed by atoms with Crippen LogP contribution in [0.4, 0.5) is 46.0 Å². The standard InChI is InChI=1S/C33H41F7N4O3/c1-31(2,3)47-30(46)44-14-10-21(11-15-44)19-43-13-12-28(27(20-43)22-6-8-25(34)9-7-22)42(5)29(45)41(4)26-17-23(32(35,36)37)16-24(18-26)33(38,39)40/h6-9,16-18,21,27-28H,10-15,19-20H2,1-5H3/t27-,28+/m0/s1. The Hall–Kier alpha value is -3.55. The maximum absolute atomic E-state index is 13.9. The molecule has 0 bridgehead atoms. The van der Waals surface area contributed by atoms with Gasteiger partial charge in [0.1, 0.15) is 11.4 Å². The molecule has 0 aliphatic carbocycles. The second-order valence-electron chi connectivity index (χ2n) is 13.4. The van der Waals surface area contributed by atoms with Gasteiger partial charge < -0.3 is 19.4 Å². The molecule has 0 radical (unpaired) electrons. The third-order valence-corrected chi connectivity index (χ3v) is 8.79. The molecule has 3 amide bonds. The van der Waals surface area contributed by atoms with Gasteiger partial charge in [-0.3, -0.25) is 4.90 Å². The third kappa shape index (κ3) is 9.29. The van der Waals surface area contributed by atoms with Crippen molar-refractivity contribution >= 4 is 17.8 Å². The number of nitrogens with zero attached hydrogens (tertiary/aromatic N) is 4. The summed E-state index contributed by atoms with van der Waals surface area (Å²) in [4.78, 5) is 32.2. The lowest BCUT2D eigenvalue weighted by atomic mass is 9.84. The van der Waals surface area contributed by atoms with Gasteiger partial charge in [0, 0.05) is 64.5 Å². The molecule has 4 rings (SSSR count).